The van der Waals surface area contributed by atoms with Crippen LogP contribution >= 0.6 is 0 Å². The highest BCUT2D eigenvalue weighted by Gasteiger charge is 2.21. The number of benzene rings is 1. The van der Waals surface area contributed by atoms with Gasteiger partial charge in [0.25, 0.3) is 0 Å². The number of anilines is 1. The van der Waals surface area contributed by atoms with Crippen LogP contribution in [-0.4, -0.2) is 30.3 Å². The van der Waals surface area contributed by atoms with Gasteiger partial charge in [-0.05, 0) is 26.0 Å². The highest BCUT2D eigenvalue weighted by atomic mass is 16.5. The lowest BCUT2D eigenvalue weighted by Gasteiger charge is -2.09. The maximum absolute atomic E-state index is 11.4. The molecular formula is C15H19N3O3. The molecule has 0 unspecified atom stereocenters. The van der Waals surface area contributed by atoms with E-state index in [0.29, 0.717) is 34.1 Å². The summed E-state index contributed by atoms with van der Waals surface area (Å²) < 4.78 is 12.2. The molecule has 1 aromatic carbocycles. The van der Waals surface area contributed by atoms with Crippen molar-refractivity contribution in [2.45, 2.75) is 19.9 Å². The van der Waals surface area contributed by atoms with Crippen LogP contribution in [0.1, 0.15) is 30.2 Å². The van der Waals surface area contributed by atoms with Crippen LogP contribution < -0.4 is 15.2 Å². The predicted molar refractivity (Wildman–Crippen MR) is 81.0 cm³/mol. The van der Waals surface area contributed by atoms with E-state index in [-0.39, 0.29) is 6.04 Å². The number of nitrogen functional groups attached to an aromatic ring is 1. The van der Waals surface area contributed by atoms with Gasteiger partial charge in [0.15, 0.2) is 6.29 Å². The second-order valence-electron chi connectivity index (χ2n) is 4.87. The van der Waals surface area contributed by atoms with Gasteiger partial charge >= 0.3 is 0 Å². The molecule has 0 saturated heterocycles. The number of nitrogens with two attached hydrogens (primary N) is 1. The van der Waals surface area contributed by atoms with Crippen LogP contribution in [0.15, 0.2) is 18.2 Å². The molecule has 0 amide bonds. The van der Waals surface area contributed by atoms with Crippen molar-refractivity contribution in [1.82, 2.24) is 9.78 Å². The molecule has 1 heterocycles. The van der Waals surface area contributed by atoms with Crippen LogP contribution in [0.4, 0.5) is 5.82 Å². The molecule has 0 fully saturated rings. The lowest BCUT2D eigenvalue weighted by Crippen LogP contribution is -2.07. The number of rotatable bonds is 5. The summed E-state index contributed by atoms with van der Waals surface area (Å²) in [7, 11) is 3.14. The van der Waals surface area contributed by atoms with E-state index >= 15 is 0 Å². The largest absolute Gasteiger partial charge is 0.497 e. The second kappa shape index (κ2) is 5.87. The van der Waals surface area contributed by atoms with Crippen molar-refractivity contribution in [2.24, 2.45) is 0 Å². The number of methoxy groups -OCH3 is 2. The number of aromatic nitrogens is 2. The molecule has 6 heteroatoms. The first-order valence-electron chi connectivity index (χ1n) is 6.59. The molecule has 0 saturated carbocycles. The highest BCUT2D eigenvalue weighted by molar-refractivity contribution is 5.93. The first-order chi connectivity index (χ1) is 10.0. The summed E-state index contributed by atoms with van der Waals surface area (Å²) in [6.07, 6.45) is 0.722. The molecule has 2 aromatic rings. The number of aldehydes is 1. The molecule has 2 rings (SSSR count). The SMILES string of the molecule is COc1ccc(-c2nn(C(C)C)c(N)c2C=O)c(OC)c1. The van der Waals surface area contributed by atoms with Gasteiger partial charge in [0.1, 0.15) is 23.0 Å². The average Bonchev–Trinajstić information content (AvgIpc) is 2.83. The third-order valence-electron chi connectivity index (χ3n) is 3.26. The Morgan fingerprint density at radius 1 is 1.29 bits per heavy atom. The summed E-state index contributed by atoms with van der Waals surface area (Å²) >= 11 is 0. The van der Waals surface area contributed by atoms with Crippen molar-refractivity contribution in [3.63, 3.8) is 0 Å². The Hall–Kier alpha value is -2.50. The van der Waals surface area contributed by atoms with E-state index in [2.05, 4.69) is 5.10 Å². The Morgan fingerprint density at radius 3 is 2.52 bits per heavy atom. The summed E-state index contributed by atoms with van der Waals surface area (Å²) in [5.41, 5.74) is 7.58. The van der Waals surface area contributed by atoms with Crippen LogP contribution in [0.5, 0.6) is 11.5 Å². The van der Waals surface area contributed by atoms with E-state index in [1.54, 1.807) is 37.1 Å². The van der Waals surface area contributed by atoms with Crippen LogP contribution in [0.3, 0.4) is 0 Å². The third kappa shape index (κ3) is 2.56. The summed E-state index contributed by atoms with van der Waals surface area (Å²) in [5, 5.41) is 4.45. The van der Waals surface area contributed by atoms with Crippen LogP contribution in [0.2, 0.25) is 0 Å². The Labute approximate surface area is 123 Å². The van der Waals surface area contributed by atoms with Gasteiger partial charge in [0.2, 0.25) is 0 Å². The first kappa shape index (κ1) is 14.9. The molecule has 0 aliphatic carbocycles. The standard InChI is InChI=1S/C15H19N3O3/c1-9(2)18-15(16)12(8-19)14(17-18)11-6-5-10(20-3)7-13(11)21-4/h5-9H,16H2,1-4H3. The van der Waals surface area contributed by atoms with Crippen molar-refractivity contribution in [3.05, 3.63) is 23.8 Å². The smallest absolute Gasteiger partial charge is 0.156 e. The van der Waals surface area contributed by atoms with E-state index in [9.17, 15) is 4.79 Å². The molecule has 2 N–H and O–H groups in total. The zero-order valence-corrected chi connectivity index (χ0v) is 12.6. The van der Waals surface area contributed by atoms with Gasteiger partial charge in [-0.25, -0.2) is 4.68 Å². The number of hydrogen-bond donors (Lipinski definition) is 1. The van der Waals surface area contributed by atoms with Crippen LogP contribution in [-0.2, 0) is 0 Å². The third-order valence-corrected chi connectivity index (χ3v) is 3.26. The lowest BCUT2D eigenvalue weighted by molar-refractivity contribution is 0.112. The Morgan fingerprint density at radius 2 is 2.00 bits per heavy atom. The fraction of sp³-hybridized carbons (Fsp3) is 0.333. The molecule has 21 heavy (non-hydrogen) atoms. The molecule has 0 atom stereocenters. The van der Waals surface area contributed by atoms with Crippen molar-refractivity contribution in [2.75, 3.05) is 20.0 Å². The molecule has 0 radical (unpaired) electrons. The molecule has 112 valence electrons. The molecule has 0 aliphatic heterocycles. The zero-order chi connectivity index (χ0) is 15.6. The molecule has 1 aromatic heterocycles. The average molecular weight is 289 g/mol. The number of nitrogens with zero attached hydrogens (tertiary/aromatic N) is 2. The summed E-state index contributed by atoms with van der Waals surface area (Å²) in [5.74, 6) is 1.60. The van der Waals surface area contributed by atoms with E-state index < -0.39 is 0 Å². The van der Waals surface area contributed by atoms with Crippen LogP contribution in [0, 0.1) is 0 Å². The van der Waals surface area contributed by atoms with E-state index in [1.807, 2.05) is 13.8 Å². The van der Waals surface area contributed by atoms with Gasteiger partial charge in [-0.3, -0.25) is 4.79 Å². The van der Waals surface area contributed by atoms with Gasteiger partial charge < -0.3 is 15.2 Å². The minimum Gasteiger partial charge on any atom is -0.497 e. The van der Waals surface area contributed by atoms with Crippen molar-refractivity contribution in [3.8, 4) is 22.8 Å². The van der Waals surface area contributed by atoms with E-state index in [4.69, 9.17) is 15.2 Å². The van der Waals surface area contributed by atoms with E-state index in [0.717, 1.165) is 6.29 Å². The summed E-state index contributed by atoms with van der Waals surface area (Å²) in [6, 6.07) is 5.39. The van der Waals surface area contributed by atoms with Gasteiger partial charge in [-0.1, -0.05) is 0 Å². The van der Waals surface area contributed by atoms with Crippen molar-refractivity contribution in [1.29, 1.82) is 0 Å². The number of carbonyl (C=O) groups excluding carboxylic acids is 1. The van der Waals surface area contributed by atoms with Crippen molar-refractivity contribution >= 4 is 12.1 Å². The zero-order valence-electron chi connectivity index (χ0n) is 12.6. The molecule has 0 bridgehead atoms. The predicted octanol–water partition coefficient (Wildman–Crippen LogP) is 2.54. The number of hydrogen-bond acceptors (Lipinski definition) is 5. The molecule has 0 aliphatic rings. The highest BCUT2D eigenvalue weighted by Crippen LogP contribution is 2.36. The molecular weight excluding hydrogens is 270 g/mol. The fourth-order valence-electron chi connectivity index (χ4n) is 2.16. The second-order valence-corrected chi connectivity index (χ2v) is 4.87. The Balaban J connectivity index is 2.66. The maximum Gasteiger partial charge on any atom is 0.156 e. The maximum atomic E-state index is 11.4. The topological polar surface area (TPSA) is 79.4 Å². The van der Waals surface area contributed by atoms with Gasteiger partial charge in [0.05, 0.1) is 19.8 Å². The number of carbonyl (C=O) groups is 1. The quantitative estimate of drug-likeness (QED) is 0.856. The molecule has 0 spiro atoms. The van der Waals surface area contributed by atoms with Gasteiger partial charge in [-0.2, -0.15) is 5.10 Å². The monoisotopic (exact) mass is 289 g/mol. The van der Waals surface area contributed by atoms with E-state index in [1.165, 1.54) is 0 Å². The fourth-order valence-corrected chi connectivity index (χ4v) is 2.16. The Kier molecular flexibility index (Phi) is 4.16. The van der Waals surface area contributed by atoms with Gasteiger partial charge in [-0.15, -0.1) is 0 Å². The normalized spacial score (nSPS) is 10.7. The Bertz CT molecular complexity index is 662. The van der Waals surface area contributed by atoms with Crippen LogP contribution in [0.25, 0.3) is 11.3 Å². The minimum absolute atomic E-state index is 0.0571. The van der Waals surface area contributed by atoms with Gasteiger partial charge in [0, 0.05) is 17.7 Å². The number of ether oxygens (including phenoxy) is 2. The van der Waals surface area contributed by atoms with Crippen molar-refractivity contribution < 1.29 is 14.3 Å². The first-order valence-corrected chi connectivity index (χ1v) is 6.59. The summed E-state index contributed by atoms with van der Waals surface area (Å²) in [4.78, 5) is 11.4. The molecule has 6 nitrogen and oxygen atoms in total. The lowest BCUT2D eigenvalue weighted by atomic mass is 10.1. The minimum atomic E-state index is 0.0571. The summed E-state index contributed by atoms with van der Waals surface area (Å²) in [6.45, 7) is 3.90.